The van der Waals surface area contributed by atoms with Crippen LogP contribution >= 0.6 is 11.3 Å². The maximum atomic E-state index is 11.6. The van der Waals surface area contributed by atoms with Gasteiger partial charge in [0.15, 0.2) is 0 Å². The number of rotatable bonds is 9. The van der Waals surface area contributed by atoms with Gasteiger partial charge < -0.3 is 14.8 Å². The van der Waals surface area contributed by atoms with Crippen molar-refractivity contribution < 1.29 is 14.3 Å². The van der Waals surface area contributed by atoms with Crippen molar-refractivity contribution in [3.8, 4) is 0 Å². The van der Waals surface area contributed by atoms with Crippen LogP contribution in [0.4, 0.5) is 0 Å². The summed E-state index contributed by atoms with van der Waals surface area (Å²) in [6, 6.07) is 17.7. The first kappa shape index (κ1) is 23.1. The molecular formula is C25H30N2O3S. The molecule has 1 N–H and O–H groups in total. The number of hydrogen-bond donors (Lipinski definition) is 1. The van der Waals surface area contributed by atoms with E-state index in [0.29, 0.717) is 25.3 Å². The van der Waals surface area contributed by atoms with Crippen LogP contribution in [0.25, 0.3) is 0 Å². The van der Waals surface area contributed by atoms with E-state index in [1.54, 1.807) is 23.5 Å². The summed E-state index contributed by atoms with van der Waals surface area (Å²) in [6.45, 7) is 8.40. The number of nitrogens with one attached hydrogen (secondary N) is 1. The third-order valence-electron chi connectivity index (χ3n) is 4.83. The molecule has 0 spiro atoms. The van der Waals surface area contributed by atoms with E-state index in [-0.39, 0.29) is 17.5 Å². The van der Waals surface area contributed by atoms with Crippen LogP contribution in [-0.2, 0) is 28.0 Å². The van der Waals surface area contributed by atoms with E-state index in [0.717, 1.165) is 21.0 Å². The van der Waals surface area contributed by atoms with Gasteiger partial charge in [-0.3, -0.25) is 0 Å². The predicted molar refractivity (Wildman–Crippen MR) is 124 cm³/mol. The molecule has 31 heavy (non-hydrogen) atoms. The Morgan fingerprint density at radius 2 is 1.81 bits per heavy atom. The summed E-state index contributed by atoms with van der Waals surface area (Å²) in [5.41, 5.74) is 2.83. The number of carbonyl (C=O) groups is 1. The lowest BCUT2D eigenvalue weighted by atomic mass is 9.98. The quantitative estimate of drug-likeness (QED) is 0.461. The fourth-order valence-electron chi connectivity index (χ4n) is 3.07. The first-order valence-electron chi connectivity index (χ1n) is 10.4. The second-order valence-electron chi connectivity index (χ2n) is 8.41. The Labute approximate surface area is 188 Å². The average molecular weight is 439 g/mol. The van der Waals surface area contributed by atoms with Crippen LogP contribution in [0.2, 0.25) is 0 Å². The second-order valence-corrected chi connectivity index (χ2v) is 9.53. The van der Waals surface area contributed by atoms with Crippen LogP contribution in [0.1, 0.15) is 58.2 Å². The van der Waals surface area contributed by atoms with E-state index in [4.69, 9.17) is 9.47 Å². The molecule has 1 atom stereocenters. The number of benzene rings is 2. The van der Waals surface area contributed by atoms with Gasteiger partial charge in [0.1, 0.15) is 0 Å². The highest BCUT2D eigenvalue weighted by atomic mass is 32.1. The molecule has 0 amide bonds. The number of methoxy groups -OCH3 is 1. The first-order chi connectivity index (χ1) is 14.9. The van der Waals surface area contributed by atoms with Crippen molar-refractivity contribution in [2.45, 2.75) is 45.4 Å². The Morgan fingerprint density at radius 1 is 1.10 bits per heavy atom. The van der Waals surface area contributed by atoms with E-state index in [1.165, 1.54) is 7.11 Å². The number of aromatic nitrogens is 1. The Morgan fingerprint density at radius 3 is 2.42 bits per heavy atom. The summed E-state index contributed by atoms with van der Waals surface area (Å²) in [4.78, 5) is 17.3. The number of carbonyl (C=O) groups excluding carboxylic acids is 1. The van der Waals surface area contributed by atoms with Gasteiger partial charge in [-0.1, -0.05) is 63.2 Å². The SMILES string of the molecule is COC(=O)c1ccc(CNC[C@H](OCc2cnc(C(C)(C)C)s2)c2ccccc2)cc1. The largest absolute Gasteiger partial charge is 0.465 e. The smallest absolute Gasteiger partial charge is 0.337 e. The van der Waals surface area contributed by atoms with Gasteiger partial charge in [-0.15, -0.1) is 11.3 Å². The van der Waals surface area contributed by atoms with Crippen LogP contribution < -0.4 is 5.32 Å². The lowest BCUT2D eigenvalue weighted by molar-refractivity contribution is 0.0411. The first-order valence-corrected chi connectivity index (χ1v) is 11.2. The average Bonchev–Trinajstić information content (AvgIpc) is 3.26. The fourth-order valence-corrected chi connectivity index (χ4v) is 3.96. The van der Waals surface area contributed by atoms with E-state index in [1.807, 2.05) is 36.5 Å². The number of nitrogens with zero attached hydrogens (tertiary/aromatic N) is 1. The molecule has 164 valence electrons. The lowest BCUT2D eigenvalue weighted by Crippen LogP contribution is -2.23. The zero-order valence-electron chi connectivity index (χ0n) is 18.6. The second kappa shape index (κ2) is 10.7. The number of ether oxygens (including phenoxy) is 2. The third-order valence-corrected chi connectivity index (χ3v) is 6.22. The Kier molecular flexibility index (Phi) is 7.96. The fraction of sp³-hybridized carbons (Fsp3) is 0.360. The van der Waals surface area contributed by atoms with Crippen LogP contribution in [0.5, 0.6) is 0 Å². The summed E-state index contributed by atoms with van der Waals surface area (Å²) in [7, 11) is 1.39. The molecule has 0 unspecified atom stereocenters. The number of thiazole rings is 1. The van der Waals surface area contributed by atoms with Crippen molar-refractivity contribution in [3.05, 3.63) is 87.4 Å². The molecule has 3 aromatic rings. The number of hydrogen-bond acceptors (Lipinski definition) is 6. The molecule has 0 radical (unpaired) electrons. The molecule has 0 aliphatic heterocycles. The molecule has 1 heterocycles. The van der Waals surface area contributed by atoms with Crippen LogP contribution in [0, 0.1) is 0 Å². The van der Waals surface area contributed by atoms with E-state index >= 15 is 0 Å². The summed E-state index contributed by atoms with van der Waals surface area (Å²) in [6.07, 6.45) is 1.85. The van der Waals surface area contributed by atoms with E-state index in [2.05, 4.69) is 43.2 Å². The lowest BCUT2D eigenvalue weighted by Gasteiger charge is -2.19. The molecule has 0 fully saturated rings. The molecular weight excluding hydrogens is 408 g/mol. The van der Waals surface area contributed by atoms with Crippen molar-refractivity contribution in [1.82, 2.24) is 10.3 Å². The van der Waals surface area contributed by atoms with Crippen LogP contribution in [0.15, 0.2) is 60.8 Å². The van der Waals surface area contributed by atoms with Crippen molar-refractivity contribution >= 4 is 17.3 Å². The van der Waals surface area contributed by atoms with Gasteiger partial charge in [0.2, 0.25) is 0 Å². The van der Waals surface area contributed by atoms with E-state index < -0.39 is 0 Å². The monoisotopic (exact) mass is 438 g/mol. The van der Waals surface area contributed by atoms with Gasteiger partial charge in [-0.2, -0.15) is 0 Å². The molecule has 0 bridgehead atoms. The molecule has 0 saturated heterocycles. The highest BCUT2D eigenvalue weighted by molar-refractivity contribution is 7.11. The molecule has 0 aliphatic rings. The molecule has 2 aromatic carbocycles. The minimum absolute atomic E-state index is 0.0483. The Hall–Kier alpha value is -2.54. The molecule has 0 saturated carbocycles. The van der Waals surface area contributed by atoms with Gasteiger partial charge in [0.05, 0.1) is 35.3 Å². The van der Waals surface area contributed by atoms with Crippen molar-refractivity contribution in [2.75, 3.05) is 13.7 Å². The van der Waals surface area contributed by atoms with Crippen LogP contribution in [0.3, 0.4) is 0 Å². The van der Waals surface area contributed by atoms with Gasteiger partial charge in [0.25, 0.3) is 0 Å². The molecule has 3 rings (SSSR count). The molecule has 6 heteroatoms. The molecule has 1 aromatic heterocycles. The van der Waals surface area contributed by atoms with Gasteiger partial charge in [-0.05, 0) is 23.3 Å². The zero-order chi connectivity index (χ0) is 22.3. The minimum atomic E-state index is -0.324. The highest BCUT2D eigenvalue weighted by Gasteiger charge is 2.19. The third kappa shape index (κ3) is 6.72. The Balaban J connectivity index is 1.59. The maximum Gasteiger partial charge on any atom is 0.337 e. The standard InChI is InChI=1S/C25H30N2O3S/c1-25(2,3)24-27-15-21(31-24)17-30-22(19-8-6-5-7-9-19)16-26-14-18-10-12-20(13-11-18)23(28)29-4/h5-13,15,22,26H,14,16-17H2,1-4H3/t22-/m0/s1. The molecule has 0 aliphatic carbocycles. The molecule has 5 nitrogen and oxygen atoms in total. The van der Waals surface area contributed by atoms with Crippen molar-refractivity contribution in [1.29, 1.82) is 0 Å². The van der Waals surface area contributed by atoms with Gasteiger partial charge >= 0.3 is 5.97 Å². The summed E-state index contributed by atoms with van der Waals surface area (Å²) in [5, 5.41) is 4.60. The van der Waals surface area contributed by atoms with Crippen LogP contribution in [-0.4, -0.2) is 24.6 Å². The summed E-state index contributed by atoms with van der Waals surface area (Å²) in [5.74, 6) is -0.324. The van der Waals surface area contributed by atoms with Gasteiger partial charge in [-0.25, -0.2) is 9.78 Å². The highest BCUT2D eigenvalue weighted by Crippen LogP contribution is 2.28. The van der Waals surface area contributed by atoms with Crippen molar-refractivity contribution in [3.63, 3.8) is 0 Å². The van der Waals surface area contributed by atoms with E-state index in [9.17, 15) is 4.79 Å². The number of esters is 1. The van der Waals surface area contributed by atoms with Crippen molar-refractivity contribution in [2.24, 2.45) is 0 Å². The topological polar surface area (TPSA) is 60.5 Å². The normalized spacial score (nSPS) is 12.5. The zero-order valence-corrected chi connectivity index (χ0v) is 19.4. The Bertz CT molecular complexity index is 962. The van der Waals surface area contributed by atoms with Gasteiger partial charge in [0, 0.05) is 24.7 Å². The summed E-state index contributed by atoms with van der Waals surface area (Å²) < 4.78 is 11.0. The minimum Gasteiger partial charge on any atom is -0.465 e. The maximum absolute atomic E-state index is 11.6. The summed E-state index contributed by atoms with van der Waals surface area (Å²) >= 11 is 1.71. The predicted octanol–water partition coefficient (Wildman–Crippen LogP) is 5.27.